The van der Waals surface area contributed by atoms with Crippen molar-refractivity contribution in [3.8, 4) is 0 Å². The fourth-order valence-electron chi connectivity index (χ4n) is 1.90. The second-order valence-corrected chi connectivity index (χ2v) is 6.21. The molecular weight excluding hydrogens is 365 g/mol. The average Bonchev–Trinajstić information content (AvgIpc) is 3.07. The monoisotopic (exact) mass is 386 g/mol. The van der Waals surface area contributed by atoms with Crippen molar-refractivity contribution in [1.82, 2.24) is 4.98 Å². The Kier molecular flexibility index (Phi) is 8.84. The molecule has 1 aromatic heterocycles. The van der Waals surface area contributed by atoms with Crippen LogP contribution in [0.15, 0.2) is 42.3 Å². The van der Waals surface area contributed by atoms with E-state index in [9.17, 15) is 18.0 Å². The number of halogens is 3. The Labute approximate surface area is 154 Å². The topological polar surface area (TPSA) is 51.2 Å². The molecule has 4 nitrogen and oxygen atoms in total. The number of aromatic nitrogens is 1. The minimum atomic E-state index is -4.28. The van der Waals surface area contributed by atoms with Gasteiger partial charge in [0.1, 0.15) is 0 Å². The van der Waals surface area contributed by atoms with E-state index in [4.69, 9.17) is 0 Å². The maximum Gasteiger partial charge on any atom is 0.416 e. The summed E-state index contributed by atoms with van der Waals surface area (Å²) in [5.41, 5.74) is 0.223. The molecular formula is C18H21F3N2O2S. The van der Waals surface area contributed by atoms with Crippen molar-refractivity contribution in [2.24, 2.45) is 0 Å². The maximum absolute atomic E-state index is 12.4. The smallest absolute Gasteiger partial charge is 0.416 e. The predicted molar refractivity (Wildman–Crippen MR) is 97.4 cm³/mol. The minimum absolute atomic E-state index is 0.410. The van der Waals surface area contributed by atoms with Crippen LogP contribution >= 0.6 is 11.3 Å². The molecule has 0 atom stereocenters. The van der Waals surface area contributed by atoms with E-state index in [-0.39, 0.29) is 0 Å². The zero-order valence-corrected chi connectivity index (χ0v) is 15.6. The van der Waals surface area contributed by atoms with Crippen LogP contribution < -0.4 is 5.32 Å². The molecule has 1 heterocycles. The summed E-state index contributed by atoms with van der Waals surface area (Å²) in [6, 6.07) is 5.22. The van der Waals surface area contributed by atoms with Gasteiger partial charge < -0.3 is 10.1 Å². The lowest BCUT2D eigenvalue weighted by Crippen LogP contribution is -2.04. The highest BCUT2D eigenvalue weighted by atomic mass is 32.1. The van der Waals surface area contributed by atoms with Crippen LogP contribution in [0.1, 0.15) is 29.3 Å². The third kappa shape index (κ3) is 7.26. The third-order valence-electron chi connectivity index (χ3n) is 3.18. The number of carbonyl (C=O) groups is 1. The van der Waals surface area contributed by atoms with Gasteiger partial charge in [0.25, 0.3) is 0 Å². The molecule has 0 aliphatic heterocycles. The van der Waals surface area contributed by atoms with Crippen molar-refractivity contribution in [1.29, 1.82) is 0 Å². The van der Waals surface area contributed by atoms with E-state index < -0.39 is 11.7 Å². The first-order valence-corrected chi connectivity index (χ1v) is 8.63. The number of rotatable bonds is 6. The second kappa shape index (κ2) is 10.6. The fraction of sp³-hybridized carbons (Fsp3) is 0.333. The first-order chi connectivity index (χ1) is 12.3. The lowest BCUT2D eigenvalue weighted by molar-refractivity contribution is -0.137. The van der Waals surface area contributed by atoms with Crippen LogP contribution in [0.3, 0.4) is 0 Å². The van der Waals surface area contributed by atoms with E-state index >= 15 is 0 Å². The number of anilines is 1. The quantitative estimate of drug-likeness (QED) is 0.435. The molecule has 8 heteroatoms. The Hall–Kier alpha value is -2.35. The number of nitrogens with zero attached hydrogens (tertiary/aromatic N) is 1. The normalized spacial score (nSPS) is 11.4. The summed E-state index contributed by atoms with van der Waals surface area (Å²) >= 11 is 1.49. The van der Waals surface area contributed by atoms with Crippen molar-refractivity contribution in [2.45, 2.75) is 25.9 Å². The number of alkyl halides is 3. The second-order valence-electron chi connectivity index (χ2n) is 5.09. The molecule has 0 aliphatic rings. The molecule has 0 fully saturated rings. The van der Waals surface area contributed by atoms with Crippen LogP contribution in [0.25, 0.3) is 0 Å². The van der Waals surface area contributed by atoms with Crippen LogP contribution in [0.2, 0.25) is 0 Å². The van der Waals surface area contributed by atoms with Crippen LogP contribution in [0, 0.1) is 0 Å². The Bertz CT molecular complexity index is 710. The lowest BCUT2D eigenvalue weighted by atomic mass is 10.1. The van der Waals surface area contributed by atoms with Crippen molar-refractivity contribution in [3.05, 3.63) is 58.3 Å². The molecule has 2 aromatic rings. The lowest BCUT2D eigenvalue weighted by Gasteiger charge is -2.06. The Morgan fingerprint density at radius 1 is 1.31 bits per heavy atom. The molecule has 1 aromatic carbocycles. The highest BCUT2D eigenvalue weighted by Gasteiger charge is 2.29. The van der Waals surface area contributed by atoms with Gasteiger partial charge in [-0.2, -0.15) is 13.2 Å². The average molecular weight is 386 g/mol. The van der Waals surface area contributed by atoms with Gasteiger partial charge in [0.05, 0.1) is 12.7 Å². The predicted octanol–water partition coefficient (Wildman–Crippen LogP) is 4.92. The number of hydrogen-bond donors (Lipinski definition) is 1. The minimum Gasteiger partial charge on any atom is -0.494 e. The number of ether oxygens (including phenoxy) is 1. The van der Waals surface area contributed by atoms with Gasteiger partial charge in [-0.1, -0.05) is 19.1 Å². The summed E-state index contributed by atoms with van der Waals surface area (Å²) < 4.78 is 41.8. The van der Waals surface area contributed by atoms with E-state index in [2.05, 4.69) is 15.0 Å². The number of methoxy groups -OCH3 is 1. The molecule has 0 amide bonds. The van der Waals surface area contributed by atoms with Gasteiger partial charge in [-0.05, 0) is 30.2 Å². The van der Waals surface area contributed by atoms with E-state index in [1.54, 1.807) is 19.3 Å². The first-order valence-electron chi connectivity index (χ1n) is 7.81. The third-order valence-corrected chi connectivity index (χ3v) is 4.20. The molecule has 1 N–H and O–H groups in total. The Morgan fingerprint density at radius 2 is 1.96 bits per heavy atom. The number of hydrogen-bond acceptors (Lipinski definition) is 5. The Morgan fingerprint density at radius 3 is 2.35 bits per heavy atom. The number of benzene rings is 1. The van der Waals surface area contributed by atoms with Crippen molar-refractivity contribution in [2.75, 3.05) is 19.5 Å². The largest absolute Gasteiger partial charge is 0.494 e. The number of thiazole rings is 1. The van der Waals surface area contributed by atoms with E-state index in [1.807, 2.05) is 6.92 Å². The summed E-state index contributed by atoms with van der Waals surface area (Å²) in [6.45, 7) is 1.95. The molecule has 0 aliphatic carbocycles. The number of nitrogens with one attached hydrogen (secondary N) is 1. The highest BCUT2D eigenvalue weighted by Crippen LogP contribution is 2.29. The van der Waals surface area contributed by atoms with Crippen molar-refractivity contribution >= 4 is 22.8 Å². The zero-order chi connectivity index (χ0) is 19.6. The van der Waals surface area contributed by atoms with Crippen molar-refractivity contribution < 1.29 is 22.7 Å². The Balaban J connectivity index is 0.000000359. The van der Waals surface area contributed by atoms with Gasteiger partial charge in [0.15, 0.2) is 17.2 Å². The standard InChI is InChI=1S/C12H11F3N2S.C6H10O2/c1-16-11-17-7-10(18-11)6-8-2-4-9(5-3-8)12(13,14)15;1-3-4-6(5-7)8-2/h2-5,7H,6H2,1H3,(H,16,17);4-5H,3H2,1-2H3/b;6-4-. The van der Waals surface area contributed by atoms with E-state index in [0.717, 1.165) is 34.1 Å². The molecule has 0 spiro atoms. The summed E-state index contributed by atoms with van der Waals surface area (Å²) in [6.07, 6.45) is 1.31. The van der Waals surface area contributed by atoms with Gasteiger partial charge in [-0.3, -0.25) is 4.79 Å². The molecule has 26 heavy (non-hydrogen) atoms. The van der Waals surface area contributed by atoms with Crippen LogP contribution in [-0.2, 0) is 22.1 Å². The van der Waals surface area contributed by atoms with Gasteiger partial charge in [-0.15, -0.1) is 11.3 Å². The molecule has 0 radical (unpaired) electrons. The molecule has 0 saturated carbocycles. The molecule has 142 valence electrons. The zero-order valence-electron chi connectivity index (χ0n) is 14.8. The summed E-state index contributed by atoms with van der Waals surface area (Å²) in [4.78, 5) is 15.1. The van der Waals surface area contributed by atoms with Gasteiger partial charge in [0.2, 0.25) is 0 Å². The summed E-state index contributed by atoms with van der Waals surface area (Å²) in [5.74, 6) is 0.410. The number of aldehydes is 1. The van der Waals surface area contributed by atoms with Crippen LogP contribution in [0.4, 0.5) is 18.3 Å². The van der Waals surface area contributed by atoms with Gasteiger partial charge >= 0.3 is 6.18 Å². The van der Waals surface area contributed by atoms with Crippen molar-refractivity contribution in [3.63, 3.8) is 0 Å². The number of carbonyl (C=O) groups excluding carboxylic acids is 1. The molecule has 2 rings (SSSR count). The fourth-order valence-corrected chi connectivity index (χ4v) is 2.70. The SMILES string of the molecule is CC/C=C(/C=O)OC.CNc1ncc(Cc2ccc(C(F)(F)F)cc2)s1. The van der Waals surface area contributed by atoms with Crippen LogP contribution in [0.5, 0.6) is 0 Å². The summed E-state index contributed by atoms with van der Waals surface area (Å²) in [5, 5.41) is 3.72. The van der Waals surface area contributed by atoms with Gasteiger partial charge in [0, 0.05) is 24.5 Å². The van der Waals surface area contributed by atoms with E-state index in [0.29, 0.717) is 18.5 Å². The maximum atomic E-state index is 12.4. The molecule has 0 saturated heterocycles. The molecule has 0 bridgehead atoms. The number of allylic oxidation sites excluding steroid dienone is 2. The van der Waals surface area contributed by atoms with Crippen LogP contribution in [-0.4, -0.2) is 25.4 Å². The summed E-state index contributed by atoms with van der Waals surface area (Å²) in [7, 11) is 3.26. The van der Waals surface area contributed by atoms with Gasteiger partial charge in [-0.25, -0.2) is 4.98 Å². The highest BCUT2D eigenvalue weighted by molar-refractivity contribution is 7.15. The van der Waals surface area contributed by atoms with E-state index in [1.165, 1.54) is 30.6 Å². The first kappa shape index (κ1) is 21.7. The molecule has 0 unspecified atom stereocenters.